The van der Waals surface area contributed by atoms with E-state index in [0.717, 1.165) is 10.9 Å². The summed E-state index contributed by atoms with van der Waals surface area (Å²) in [5, 5.41) is 6.21. The Bertz CT molecular complexity index is 1600. The first-order chi connectivity index (χ1) is 17.6. The van der Waals surface area contributed by atoms with Gasteiger partial charge in [0.25, 0.3) is 0 Å². The van der Waals surface area contributed by atoms with Crippen molar-refractivity contribution in [2.75, 3.05) is 5.73 Å². The molecule has 5 rings (SSSR count). The number of benzene rings is 2. The maximum absolute atomic E-state index is 13.5. The molecule has 2 N–H and O–H groups in total. The molecule has 0 aliphatic heterocycles. The highest BCUT2D eigenvalue weighted by Gasteiger charge is 2.27. The average molecular weight is 499 g/mol. The SMILES string of the molecule is CC(C)n1nc(-c2cc3cc(OCc4ccccc4)ccc3n2C(=O)OC(C)(C)C)c2c(N)ncnc21. The van der Waals surface area contributed by atoms with E-state index in [1.54, 1.807) is 4.68 Å². The molecule has 0 radical (unpaired) electrons. The van der Waals surface area contributed by atoms with E-state index in [0.29, 0.717) is 46.1 Å². The highest BCUT2D eigenvalue weighted by Crippen LogP contribution is 2.36. The summed E-state index contributed by atoms with van der Waals surface area (Å²) in [5.74, 6) is 0.976. The number of rotatable bonds is 5. The van der Waals surface area contributed by atoms with Gasteiger partial charge in [0.1, 0.15) is 35.8 Å². The maximum Gasteiger partial charge on any atom is 0.419 e. The lowest BCUT2D eigenvalue weighted by atomic mass is 10.2. The fraction of sp³-hybridized carbons (Fsp3) is 0.286. The van der Waals surface area contributed by atoms with Crippen LogP contribution >= 0.6 is 0 Å². The molecule has 0 aliphatic carbocycles. The number of anilines is 1. The molecule has 0 atom stereocenters. The van der Waals surface area contributed by atoms with Gasteiger partial charge in [-0.1, -0.05) is 30.3 Å². The molecule has 37 heavy (non-hydrogen) atoms. The van der Waals surface area contributed by atoms with E-state index in [1.807, 2.05) is 89.2 Å². The number of nitrogens with zero attached hydrogens (tertiary/aromatic N) is 5. The molecule has 0 saturated carbocycles. The second kappa shape index (κ2) is 9.24. The van der Waals surface area contributed by atoms with Crippen LogP contribution < -0.4 is 10.5 Å². The van der Waals surface area contributed by atoms with Gasteiger partial charge >= 0.3 is 6.09 Å². The Morgan fingerprint density at radius 1 is 1.05 bits per heavy atom. The van der Waals surface area contributed by atoms with E-state index in [2.05, 4.69) is 9.97 Å². The Kier molecular flexibility index (Phi) is 6.07. The van der Waals surface area contributed by atoms with E-state index in [4.69, 9.17) is 20.3 Å². The van der Waals surface area contributed by atoms with Gasteiger partial charge in [-0.2, -0.15) is 5.10 Å². The number of nitrogen functional groups attached to an aromatic ring is 1. The summed E-state index contributed by atoms with van der Waals surface area (Å²) in [4.78, 5) is 22.1. The lowest BCUT2D eigenvalue weighted by Crippen LogP contribution is -2.27. The number of hydrogen-bond donors (Lipinski definition) is 1. The summed E-state index contributed by atoms with van der Waals surface area (Å²) in [5.41, 5.74) is 8.99. The summed E-state index contributed by atoms with van der Waals surface area (Å²) in [6.07, 6.45) is 0.903. The van der Waals surface area contributed by atoms with Gasteiger partial charge in [-0.25, -0.2) is 24.0 Å². The molecule has 3 aromatic heterocycles. The molecule has 0 spiro atoms. The Morgan fingerprint density at radius 3 is 2.51 bits per heavy atom. The maximum atomic E-state index is 13.5. The fourth-order valence-corrected chi connectivity index (χ4v) is 4.24. The second-order valence-corrected chi connectivity index (χ2v) is 10.2. The summed E-state index contributed by atoms with van der Waals surface area (Å²) < 4.78 is 15.1. The first-order valence-corrected chi connectivity index (χ1v) is 12.2. The molecule has 9 nitrogen and oxygen atoms in total. The lowest BCUT2D eigenvalue weighted by molar-refractivity contribution is 0.0547. The largest absolute Gasteiger partial charge is 0.489 e. The predicted molar refractivity (Wildman–Crippen MR) is 143 cm³/mol. The molecule has 9 heteroatoms. The summed E-state index contributed by atoms with van der Waals surface area (Å²) in [6.45, 7) is 9.95. The van der Waals surface area contributed by atoms with Crippen molar-refractivity contribution in [3.05, 3.63) is 66.5 Å². The van der Waals surface area contributed by atoms with Crippen molar-refractivity contribution in [1.29, 1.82) is 0 Å². The van der Waals surface area contributed by atoms with Crippen LogP contribution in [0, 0.1) is 0 Å². The molecule has 0 aliphatic rings. The number of nitrogens with two attached hydrogens (primary N) is 1. The van der Waals surface area contributed by atoms with Crippen LogP contribution in [0.2, 0.25) is 0 Å². The smallest absolute Gasteiger partial charge is 0.419 e. The molecule has 0 unspecified atom stereocenters. The monoisotopic (exact) mass is 498 g/mol. The predicted octanol–water partition coefficient (Wildman–Crippen LogP) is 5.97. The van der Waals surface area contributed by atoms with Crippen molar-refractivity contribution in [1.82, 2.24) is 24.3 Å². The molecule has 0 amide bonds. The fourth-order valence-electron chi connectivity index (χ4n) is 4.24. The second-order valence-electron chi connectivity index (χ2n) is 10.2. The van der Waals surface area contributed by atoms with Crippen LogP contribution in [0.3, 0.4) is 0 Å². The zero-order chi connectivity index (χ0) is 26.3. The van der Waals surface area contributed by atoms with Crippen LogP contribution in [-0.2, 0) is 11.3 Å². The minimum Gasteiger partial charge on any atom is -0.489 e. The lowest BCUT2D eigenvalue weighted by Gasteiger charge is -2.20. The third-order valence-corrected chi connectivity index (χ3v) is 5.85. The highest BCUT2D eigenvalue weighted by molar-refractivity contribution is 6.03. The number of carbonyl (C=O) groups excluding carboxylic acids is 1. The third kappa shape index (κ3) is 4.72. The minimum atomic E-state index is -0.689. The molecular formula is C28H30N6O3. The minimum absolute atomic E-state index is 0.0166. The van der Waals surface area contributed by atoms with Gasteiger partial charge in [-0.3, -0.25) is 0 Å². The van der Waals surface area contributed by atoms with Crippen molar-refractivity contribution in [2.24, 2.45) is 0 Å². The average Bonchev–Trinajstić information content (AvgIpc) is 3.41. The molecule has 5 aromatic rings. The number of carbonyl (C=O) groups is 1. The van der Waals surface area contributed by atoms with Crippen molar-refractivity contribution >= 4 is 33.8 Å². The molecule has 0 fully saturated rings. The summed E-state index contributed by atoms with van der Waals surface area (Å²) in [7, 11) is 0. The number of hydrogen-bond acceptors (Lipinski definition) is 7. The standard InChI is InChI=1S/C28H30N6O3/c1-17(2)34-26-23(25(29)30-16-31-26)24(32-34)22-14-19-13-20(36-15-18-9-7-6-8-10-18)11-12-21(19)33(22)27(35)37-28(3,4)5/h6-14,16-17H,15H2,1-5H3,(H2,29,30,31). The Hall–Kier alpha value is -4.40. The third-order valence-electron chi connectivity index (χ3n) is 5.85. The van der Waals surface area contributed by atoms with Gasteiger partial charge in [0.15, 0.2) is 5.65 Å². The van der Waals surface area contributed by atoms with E-state index >= 15 is 0 Å². The van der Waals surface area contributed by atoms with Gasteiger partial charge in [0.2, 0.25) is 0 Å². The van der Waals surface area contributed by atoms with Gasteiger partial charge in [-0.05, 0) is 64.4 Å². The number of aromatic nitrogens is 5. The number of ether oxygens (including phenoxy) is 2. The Balaban J connectivity index is 1.67. The van der Waals surface area contributed by atoms with E-state index < -0.39 is 11.7 Å². The van der Waals surface area contributed by atoms with Crippen molar-refractivity contribution in [3.63, 3.8) is 0 Å². The number of fused-ring (bicyclic) bond motifs is 2. The quantitative estimate of drug-likeness (QED) is 0.318. The van der Waals surface area contributed by atoms with Crippen molar-refractivity contribution in [3.8, 4) is 17.1 Å². The Morgan fingerprint density at radius 2 is 1.81 bits per heavy atom. The van der Waals surface area contributed by atoms with Gasteiger partial charge in [0, 0.05) is 11.4 Å². The van der Waals surface area contributed by atoms with Crippen molar-refractivity contribution < 1.29 is 14.3 Å². The topological polar surface area (TPSA) is 110 Å². The van der Waals surface area contributed by atoms with Gasteiger partial charge in [0.05, 0.1) is 16.6 Å². The molecule has 2 aromatic carbocycles. The zero-order valence-corrected chi connectivity index (χ0v) is 21.6. The molecule has 0 bridgehead atoms. The van der Waals surface area contributed by atoms with Crippen LogP contribution in [0.15, 0.2) is 60.9 Å². The molecule has 0 saturated heterocycles. The first-order valence-electron chi connectivity index (χ1n) is 12.2. The van der Waals surface area contributed by atoms with Crippen LogP contribution in [0.5, 0.6) is 5.75 Å². The van der Waals surface area contributed by atoms with Gasteiger partial charge in [-0.15, -0.1) is 0 Å². The van der Waals surface area contributed by atoms with Crippen LogP contribution in [0.1, 0.15) is 46.2 Å². The molecule has 3 heterocycles. The molecular weight excluding hydrogens is 468 g/mol. The normalized spacial score (nSPS) is 11.9. The van der Waals surface area contributed by atoms with Crippen LogP contribution in [-0.4, -0.2) is 36.0 Å². The van der Waals surface area contributed by atoms with E-state index in [1.165, 1.54) is 10.9 Å². The zero-order valence-electron chi connectivity index (χ0n) is 21.6. The highest BCUT2D eigenvalue weighted by atomic mass is 16.6. The van der Waals surface area contributed by atoms with Crippen molar-refractivity contribution in [2.45, 2.75) is 52.9 Å². The van der Waals surface area contributed by atoms with Crippen LogP contribution in [0.4, 0.5) is 10.6 Å². The summed E-state index contributed by atoms with van der Waals surface area (Å²) >= 11 is 0. The summed E-state index contributed by atoms with van der Waals surface area (Å²) in [6, 6.07) is 17.5. The van der Waals surface area contributed by atoms with Crippen LogP contribution in [0.25, 0.3) is 33.3 Å². The van der Waals surface area contributed by atoms with E-state index in [-0.39, 0.29) is 6.04 Å². The Labute approximate surface area is 214 Å². The van der Waals surface area contributed by atoms with Gasteiger partial charge < -0.3 is 15.2 Å². The molecule has 190 valence electrons. The van der Waals surface area contributed by atoms with E-state index in [9.17, 15) is 4.79 Å². The first kappa shape index (κ1) is 24.3.